The normalized spacial score (nSPS) is 10.9. The molecule has 0 saturated carbocycles. The van der Waals surface area contributed by atoms with Gasteiger partial charge in [-0.1, -0.05) is 24.3 Å². The number of benzene rings is 1. The average molecular weight is 182 g/mol. The first-order valence-corrected chi connectivity index (χ1v) is 4.41. The number of hydrogen-bond acceptors (Lipinski definition) is 1. The third kappa shape index (κ3) is 2.11. The molecular formula is C10H11FS. The predicted molar refractivity (Wildman–Crippen MR) is 54.0 cm³/mol. The van der Waals surface area contributed by atoms with E-state index in [0.717, 1.165) is 5.56 Å². The van der Waals surface area contributed by atoms with Crippen LogP contribution in [-0.2, 0) is 0 Å². The Bertz CT molecular complexity index is 272. The van der Waals surface area contributed by atoms with Crippen molar-refractivity contribution in [1.82, 2.24) is 0 Å². The van der Waals surface area contributed by atoms with Gasteiger partial charge in [-0.25, -0.2) is 4.39 Å². The summed E-state index contributed by atoms with van der Waals surface area (Å²) in [4.78, 5) is 0. The second-order valence-corrected chi connectivity index (χ2v) is 2.92. The fraction of sp³-hybridized carbons (Fsp3) is 0.200. The molecule has 1 aromatic carbocycles. The minimum atomic E-state index is -0.173. The highest BCUT2D eigenvalue weighted by atomic mass is 32.1. The molecule has 2 heteroatoms. The molecule has 0 amide bonds. The van der Waals surface area contributed by atoms with Crippen LogP contribution in [0.3, 0.4) is 0 Å². The minimum absolute atomic E-state index is 0.173. The maximum absolute atomic E-state index is 13.1. The van der Waals surface area contributed by atoms with Crippen molar-refractivity contribution in [3.63, 3.8) is 0 Å². The fourth-order valence-electron chi connectivity index (χ4n) is 1.03. The predicted octanol–water partition coefficient (Wildman–Crippen LogP) is 3.08. The smallest absolute Gasteiger partial charge is 0.130 e. The number of aryl methyl sites for hydroxylation is 1. The van der Waals surface area contributed by atoms with Crippen molar-refractivity contribution in [3.05, 3.63) is 41.2 Å². The highest BCUT2D eigenvalue weighted by molar-refractivity contribution is 7.80. The molecule has 0 nitrogen and oxygen atoms in total. The molecule has 0 fully saturated rings. The van der Waals surface area contributed by atoms with Crippen LogP contribution in [0.4, 0.5) is 4.39 Å². The summed E-state index contributed by atoms with van der Waals surface area (Å²) in [6, 6.07) is 5.06. The molecule has 0 spiro atoms. The van der Waals surface area contributed by atoms with Crippen LogP contribution in [0.25, 0.3) is 6.08 Å². The molecule has 0 aliphatic carbocycles. The zero-order valence-electron chi connectivity index (χ0n) is 6.92. The maximum Gasteiger partial charge on any atom is 0.130 e. The van der Waals surface area contributed by atoms with Crippen LogP contribution < -0.4 is 0 Å². The van der Waals surface area contributed by atoms with Crippen molar-refractivity contribution < 1.29 is 4.39 Å². The van der Waals surface area contributed by atoms with Crippen LogP contribution in [0.5, 0.6) is 0 Å². The Morgan fingerprint density at radius 1 is 1.50 bits per heavy atom. The van der Waals surface area contributed by atoms with Crippen molar-refractivity contribution in [3.8, 4) is 0 Å². The van der Waals surface area contributed by atoms with Crippen molar-refractivity contribution in [2.75, 3.05) is 5.75 Å². The summed E-state index contributed by atoms with van der Waals surface area (Å²) in [6.07, 6.45) is 3.59. The molecule has 64 valence electrons. The van der Waals surface area contributed by atoms with Gasteiger partial charge in [0.2, 0.25) is 0 Å². The summed E-state index contributed by atoms with van der Waals surface area (Å²) in [5, 5.41) is 0. The van der Waals surface area contributed by atoms with E-state index in [1.165, 1.54) is 6.07 Å². The lowest BCUT2D eigenvalue weighted by molar-refractivity contribution is 0.624. The van der Waals surface area contributed by atoms with Crippen molar-refractivity contribution in [2.45, 2.75) is 6.92 Å². The van der Waals surface area contributed by atoms with E-state index in [1.807, 2.05) is 19.1 Å². The summed E-state index contributed by atoms with van der Waals surface area (Å²) in [5.74, 6) is 0.460. The van der Waals surface area contributed by atoms with Crippen molar-refractivity contribution in [1.29, 1.82) is 0 Å². The van der Waals surface area contributed by atoms with Gasteiger partial charge in [-0.05, 0) is 18.6 Å². The van der Waals surface area contributed by atoms with Gasteiger partial charge in [0.15, 0.2) is 0 Å². The number of rotatable bonds is 2. The van der Waals surface area contributed by atoms with Gasteiger partial charge < -0.3 is 0 Å². The van der Waals surface area contributed by atoms with Crippen molar-refractivity contribution >= 4 is 18.7 Å². The maximum atomic E-state index is 13.1. The first-order valence-electron chi connectivity index (χ1n) is 3.78. The Hall–Kier alpha value is -0.760. The number of hydrogen-bond donors (Lipinski definition) is 1. The van der Waals surface area contributed by atoms with Gasteiger partial charge in [-0.3, -0.25) is 0 Å². The molecule has 1 aromatic rings. The van der Waals surface area contributed by atoms with Crippen LogP contribution in [0.1, 0.15) is 11.1 Å². The molecule has 0 aliphatic rings. The van der Waals surface area contributed by atoms with E-state index in [-0.39, 0.29) is 5.82 Å². The van der Waals surface area contributed by atoms with Crippen LogP contribution in [0.2, 0.25) is 0 Å². The summed E-state index contributed by atoms with van der Waals surface area (Å²) >= 11 is 4.01. The third-order valence-corrected chi connectivity index (χ3v) is 1.87. The van der Waals surface area contributed by atoms with Crippen molar-refractivity contribution in [2.24, 2.45) is 0 Å². The van der Waals surface area contributed by atoms with Gasteiger partial charge in [0.1, 0.15) is 5.82 Å². The zero-order valence-corrected chi connectivity index (χ0v) is 7.81. The van der Waals surface area contributed by atoms with Gasteiger partial charge in [-0.15, -0.1) is 0 Å². The van der Waals surface area contributed by atoms with Gasteiger partial charge in [0.25, 0.3) is 0 Å². The van der Waals surface area contributed by atoms with Gasteiger partial charge in [0.05, 0.1) is 0 Å². The molecule has 0 bridgehead atoms. The van der Waals surface area contributed by atoms with E-state index in [1.54, 1.807) is 12.1 Å². The Morgan fingerprint density at radius 2 is 2.25 bits per heavy atom. The van der Waals surface area contributed by atoms with E-state index in [2.05, 4.69) is 12.6 Å². The molecule has 0 saturated heterocycles. The molecule has 12 heavy (non-hydrogen) atoms. The highest BCUT2D eigenvalue weighted by Gasteiger charge is 1.99. The van der Waals surface area contributed by atoms with E-state index in [9.17, 15) is 4.39 Å². The minimum Gasteiger partial charge on any atom is -0.206 e. The second-order valence-electron chi connectivity index (χ2n) is 2.56. The molecule has 0 radical (unpaired) electrons. The molecule has 1 rings (SSSR count). The van der Waals surface area contributed by atoms with Crippen LogP contribution in [0, 0.1) is 12.7 Å². The number of thiol groups is 1. The van der Waals surface area contributed by atoms with E-state index in [0.29, 0.717) is 11.3 Å². The molecule has 0 atom stereocenters. The van der Waals surface area contributed by atoms with Crippen LogP contribution >= 0.6 is 12.6 Å². The molecular weight excluding hydrogens is 171 g/mol. The largest absolute Gasteiger partial charge is 0.206 e. The molecule has 0 aliphatic heterocycles. The Balaban J connectivity index is 3.04. The molecule has 0 aromatic heterocycles. The summed E-state index contributed by atoms with van der Waals surface area (Å²) in [5.41, 5.74) is 1.61. The first-order chi connectivity index (χ1) is 5.75. The van der Waals surface area contributed by atoms with Gasteiger partial charge in [-0.2, -0.15) is 12.6 Å². The fourth-order valence-corrected chi connectivity index (χ4v) is 1.13. The molecule has 0 unspecified atom stereocenters. The second kappa shape index (κ2) is 4.31. The molecule has 0 N–H and O–H groups in total. The van der Waals surface area contributed by atoms with Gasteiger partial charge >= 0.3 is 0 Å². The molecule has 0 heterocycles. The lowest BCUT2D eigenvalue weighted by Crippen LogP contribution is -1.85. The monoisotopic (exact) mass is 182 g/mol. The summed E-state index contributed by atoms with van der Waals surface area (Å²) in [6.45, 7) is 1.89. The van der Waals surface area contributed by atoms with Gasteiger partial charge in [0, 0.05) is 11.3 Å². The quantitative estimate of drug-likeness (QED) is 0.668. The average Bonchev–Trinajstić information content (AvgIpc) is 2.04. The summed E-state index contributed by atoms with van der Waals surface area (Å²) < 4.78 is 13.1. The number of halogens is 1. The first kappa shape index (κ1) is 9.33. The third-order valence-electron chi connectivity index (χ3n) is 1.66. The highest BCUT2D eigenvalue weighted by Crippen LogP contribution is 2.13. The Morgan fingerprint density at radius 3 is 2.83 bits per heavy atom. The Kier molecular flexibility index (Phi) is 3.35. The van der Waals surface area contributed by atoms with E-state index >= 15 is 0 Å². The zero-order chi connectivity index (χ0) is 8.97. The Labute approximate surface area is 77.5 Å². The van der Waals surface area contributed by atoms with Crippen LogP contribution in [0.15, 0.2) is 24.3 Å². The topological polar surface area (TPSA) is 0 Å². The standard InChI is InChI=1S/C10H11FS/c1-8-4-2-6-10(11)9(8)5-3-7-12/h2-6,12H,7H2,1H3. The van der Waals surface area contributed by atoms with E-state index < -0.39 is 0 Å². The van der Waals surface area contributed by atoms with Crippen LogP contribution in [-0.4, -0.2) is 5.75 Å². The summed E-state index contributed by atoms with van der Waals surface area (Å²) in [7, 11) is 0. The SMILES string of the molecule is Cc1cccc(F)c1C=CCS. The lowest BCUT2D eigenvalue weighted by atomic mass is 10.1. The lowest BCUT2D eigenvalue weighted by Gasteiger charge is -2.00. The van der Waals surface area contributed by atoms with E-state index in [4.69, 9.17) is 0 Å².